The molecule has 0 aliphatic carbocycles. The highest BCUT2D eigenvalue weighted by atomic mass is 19.1. The Morgan fingerprint density at radius 1 is 0.919 bits per heavy atom. The number of anilines is 1. The molecule has 8 rings (SSSR count). The van der Waals surface area contributed by atoms with Crippen LogP contribution in [-0.4, -0.2) is 132 Å². The Labute approximate surface area is 355 Å². The third kappa shape index (κ3) is 9.21. The van der Waals surface area contributed by atoms with Gasteiger partial charge in [-0.05, 0) is 61.2 Å². The molecule has 0 bridgehead atoms. The number of hydrogen-bond donors (Lipinski definition) is 4. The number of benzene rings is 3. The van der Waals surface area contributed by atoms with Crippen molar-refractivity contribution in [1.82, 2.24) is 35.3 Å². The van der Waals surface area contributed by atoms with E-state index in [0.717, 1.165) is 17.7 Å². The summed E-state index contributed by atoms with van der Waals surface area (Å²) in [5.74, 6) is -3.66. The lowest BCUT2D eigenvalue weighted by atomic mass is 10.0. The highest BCUT2D eigenvalue weighted by Gasteiger charge is 2.44. The van der Waals surface area contributed by atoms with Gasteiger partial charge in [0, 0.05) is 87.0 Å². The van der Waals surface area contributed by atoms with Gasteiger partial charge in [-0.1, -0.05) is 12.1 Å². The summed E-state index contributed by atoms with van der Waals surface area (Å²) in [5, 5.41) is 8.24. The first-order valence-electron chi connectivity index (χ1n) is 20.6. The van der Waals surface area contributed by atoms with Gasteiger partial charge in [0.05, 0.1) is 59.9 Å². The number of amides is 5. The van der Waals surface area contributed by atoms with E-state index in [9.17, 15) is 24.0 Å². The largest absolute Gasteiger partial charge is 0.404 e. The van der Waals surface area contributed by atoms with Crippen molar-refractivity contribution in [3.8, 4) is 11.1 Å². The Hall–Kier alpha value is -6.50. The maximum absolute atomic E-state index is 15.4. The van der Waals surface area contributed by atoms with Crippen LogP contribution in [0.3, 0.4) is 0 Å². The molecule has 1 aromatic heterocycles. The van der Waals surface area contributed by atoms with Crippen LogP contribution in [-0.2, 0) is 25.7 Å². The number of rotatable bonds is 13. The number of carbonyl (C=O) groups is 5. The number of hydrogen-bond acceptors (Lipinski definition) is 13. The first-order chi connectivity index (χ1) is 30.1. The summed E-state index contributed by atoms with van der Waals surface area (Å²) in [4.78, 5) is 81.9. The van der Waals surface area contributed by atoms with E-state index in [2.05, 4.69) is 25.8 Å². The van der Waals surface area contributed by atoms with Crippen LogP contribution in [0.1, 0.15) is 57.7 Å². The molecule has 5 heterocycles. The Morgan fingerprint density at radius 2 is 1.68 bits per heavy atom. The molecule has 5 N–H and O–H groups in total. The normalized spacial score (nSPS) is 19.4. The predicted octanol–water partition coefficient (Wildman–Crippen LogP) is 2.87. The number of nitrogens with zero attached hydrogens (tertiary/aromatic N) is 6. The quantitative estimate of drug-likeness (QED) is 0.0872. The number of nitrogens with one attached hydrogen (secondary N) is 3. The highest BCUT2D eigenvalue weighted by molar-refractivity contribution is 6.23. The van der Waals surface area contributed by atoms with Crippen LogP contribution < -0.4 is 21.7 Å². The smallest absolute Gasteiger partial charge is 0.262 e. The summed E-state index contributed by atoms with van der Waals surface area (Å²) in [6.07, 6.45) is 6.22. The number of para-hydroxylation sites is 1. The van der Waals surface area contributed by atoms with Crippen molar-refractivity contribution in [2.45, 2.75) is 44.3 Å². The average Bonchev–Trinajstić information content (AvgIpc) is 3.52. The van der Waals surface area contributed by atoms with Crippen LogP contribution in [0, 0.1) is 11.6 Å². The molecule has 4 aliphatic rings. The highest BCUT2D eigenvalue weighted by Crippen LogP contribution is 2.32. The molecular weight excluding hydrogens is 803 g/mol. The first-order valence-corrected chi connectivity index (χ1v) is 20.6. The van der Waals surface area contributed by atoms with E-state index in [4.69, 9.17) is 20.4 Å². The number of ether oxygens (including phenoxy) is 1. The van der Waals surface area contributed by atoms with Crippen LogP contribution in [0.4, 0.5) is 14.5 Å². The number of halogens is 2. The van der Waals surface area contributed by atoms with E-state index in [1.54, 1.807) is 42.7 Å². The lowest BCUT2D eigenvalue weighted by Crippen LogP contribution is -2.54. The summed E-state index contributed by atoms with van der Waals surface area (Å²) in [6, 6.07) is 11.7. The number of fused-ring (bicyclic) bond motifs is 2. The molecule has 4 aliphatic heterocycles. The Morgan fingerprint density at radius 3 is 2.42 bits per heavy atom. The van der Waals surface area contributed by atoms with Crippen molar-refractivity contribution in [3.05, 3.63) is 94.9 Å². The lowest BCUT2D eigenvalue weighted by Gasteiger charge is -2.29. The third-order valence-electron chi connectivity index (χ3n) is 11.6. The Balaban J connectivity index is 0.805. The van der Waals surface area contributed by atoms with E-state index in [1.807, 2.05) is 4.90 Å². The zero-order valence-electron chi connectivity index (χ0n) is 33.9. The number of imide groups is 2. The molecule has 3 aromatic carbocycles. The third-order valence-corrected chi connectivity index (χ3v) is 11.6. The summed E-state index contributed by atoms with van der Waals surface area (Å²) >= 11 is 0. The molecule has 1 unspecified atom stereocenters. The number of allylic oxidation sites excluding steroid dienone is 1. The standard InChI is InChI=1S/C44H46F2N10O6/c45-34-18-26(19-35(46)33(34)24-55-14-16-62-17-15-55)30-2-1-3-36-41(30)52-37(23-51-36)27(21-47)22-50-28-8-12-54(13-9-28)25-40(58)49-11-10-48-29-4-5-31-32(20-29)44(61)56(43(31)60)38-6-7-39(57)53-42(38)59/h1-5,18-23,28,38,48H,6-17,24-25,47H2,(H,49,58)(H,53,57,59). The second-order valence-corrected chi connectivity index (χ2v) is 15.6. The monoisotopic (exact) mass is 848 g/mol. The van der Waals surface area contributed by atoms with E-state index in [1.165, 1.54) is 24.4 Å². The summed E-state index contributed by atoms with van der Waals surface area (Å²) in [7, 11) is 0. The lowest BCUT2D eigenvalue weighted by molar-refractivity contribution is -0.136. The number of nitrogens with two attached hydrogens (primary N) is 1. The molecule has 3 saturated heterocycles. The zero-order chi connectivity index (χ0) is 43.3. The van der Waals surface area contributed by atoms with Crippen LogP contribution >= 0.6 is 0 Å². The van der Waals surface area contributed by atoms with E-state index >= 15 is 8.78 Å². The maximum atomic E-state index is 15.4. The number of piperidine rings is 2. The maximum Gasteiger partial charge on any atom is 0.262 e. The molecule has 18 heteroatoms. The molecule has 3 fully saturated rings. The summed E-state index contributed by atoms with van der Waals surface area (Å²) < 4.78 is 36.1. The van der Waals surface area contributed by atoms with Gasteiger partial charge in [-0.15, -0.1) is 0 Å². The van der Waals surface area contributed by atoms with Crippen LogP contribution in [0.2, 0.25) is 0 Å². The van der Waals surface area contributed by atoms with Crippen molar-refractivity contribution < 1.29 is 37.5 Å². The van der Waals surface area contributed by atoms with Gasteiger partial charge in [0.2, 0.25) is 17.7 Å². The van der Waals surface area contributed by atoms with Gasteiger partial charge in [-0.25, -0.2) is 13.8 Å². The SMILES string of the molecule is NC=C(C=NC1CCN(CC(=O)NCCNc2ccc3c(c2)C(=O)N(C2CCC(=O)NC2=O)C3=O)CC1)c1cnc2cccc(-c3cc(F)c(CN4CCOCC4)c(F)c3)c2n1. The van der Waals surface area contributed by atoms with Crippen molar-refractivity contribution in [2.75, 3.05) is 64.3 Å². The summed E-state index contributed by atoms with van der Waals surface area (Å²) in [6.45, 7) is 4.65. The minimum absolute atomic E-state index is 0.00929. The van der Waals surface area contributed by atoms with Gasteiger partial charge < -0.3 is 21.1 Å². The van der Waals surface area contributed by atoms with Crippen molar-refractivity contribution >= 4 is 58.0 Å². The van der Waals surface area contributed by atoms with E-state index < -0.39 is 41.3 Å². The number of aliphatic imine (C=N–C) groups is 1. The average molecular weight is 849 g/mol. The second-order valence-electron chi connectivity index (χ2n) is 15.6. The molecule has 4 aromatic rings. The topological polar surface area (TPSA) is 205 Å². The van der Waals surface area contributed by atoms with E-state index in [-0.39, 0.29) is 54.6 Å². The van der Waals surface area contributed by atoms with Crippen molar-refractivity contribution in [3.63, 3.8) is 0 Å². The van der Waals surface area contributed by atoms with Crippen LogP contribution in [0.25, 0.3) is 27.7 Å². The number of morpholine rings is 1. The van der Waals surface area contributed by atoms with Gasteiger partial charge in [0.15, 0.2) is 0 Å². The fourth-order valence-corrected chi connectivity index (χ4v) is 8.15. The Kier molecular flexibility index (Phi) is 12.7. The minimum atomic E-state index is -1.04. The number of carbonyl (C=O) groups excluding carboxylic acids is 5. The summed E-state index contributed by atoms with van der Waals surface area (Å²) in [5.41, 5.74) is 9.90. The molecule has 5 amide bonds. The predicted molar refractivity (Wildman–Crippen MR) is 226 cm³/mol. The minimum Gasteiger partial charge on any atom is -0.404 e. The number of aromatic nitrogens is 2. The van der Waals surface area contributed by atoms with Gasteiger partial charge >= 0.3 is 0 Å². The molecule has 0 radical (unpaired) electrons. The molecule has 62 heavy (non-hydrogen) atoms. The van der Waals surface area contributed by atoms with Gasteiger partial charge in [-0.2, -0.15) is 0 Å². The number of likely N-dealkylation sites (tertiary alicyclic amines) is 1. The fourth-order valence-electron chi connectivity index (χ4n) is 8.15. The van der Waals surface area contributed by atoms with Crippen molar-refractivity contribution in [1.29, 1.82) is 0 Å². The zero-order valence-corrected chi connectivity index (χ0v) is 33.9. The molecule has 1 atom stereocenters. The molecule has 0 saturated carbocycles. The van der Waals surface area contributed by atoms with Crippen LogP contribution in [0.5, 0.6) is 0 Å². The molecule has 0 spiro atoms. The first kappa shape index (κ1) is 42.2. The van der Waals surface area contributed by atoms with E-state index in [0.29, 0.717) is 91.6 Å². The Bertz CT molecular complexity index is 2460. The van der Waals surface area contributed by atoms with Gasteiger partial charge in [-0.3, -0.25) is 54.0 Å². The molecule has 16 nitrogen and oxygen atoms in total. The van der Waals surface area contributed by atoms with Crippen molar-refractivity contribution in [2.24, 2.45) is 10.7 Å². The second kappa shape index (κ2) is 18.6. The molecule has 322 valence electrons. The van der Waals surface area contributed by atoms with Gasteiger partial charge in [0.1, 0.15) is 17.7 Å². The fraction of sp³-hybridized carbons (Fsp3) is 0.364. The van der Waals surface area contributed by atoms with Crippen LogP contribution in [0.15, 0.2) is 65.9 Å². The molecular formula is C44H46F2N10O6. The van der Waals surface area contributed by atoms with Gasteiger partial charge in [0.25, 0.3) is 11.8 Å².